The fourth-order valence-corrected chi connectivity index (χ4v) is 4.27. The van der Waals surface area contributed by atoms with Crippen LogP contribution in [0.1, 0.15) is 20.3 Å². The number of hydrogen-bond acceptors (Lipinski definition) is 6. The van der Waals surface area contributed by atoms with Gasteiger partial charge in [0.15, 0.2) is 12.4 Å². The molecule has 0 saturated carbocycles. The first-order valence-corrected chi connectivity index (χ1v) is 9.14. The van der Waals surface area contributed by atoms with Crippen LogP contribution in [0.15, 0.2) is 0 Å². The lowest BCUT2D eigenvalue weighted by Gasteiger charge is -2.35. The molecular weight excluding hydrogens is 324 g/mol. The lowest BCUT2D eigenvalue weighted by molar-refractivity contribution is -0.187. The summed E-state index contributed by atoms with van der Waals surface area (Å²) in [6.45, 7) is 6.96. The minimum atomic E-state index is -0.714. The molecule has 0 N–H and O–H groups in total. The first kappa shape index (κ1) is 19.8. The molecular formula is C12H22B2O6P2. The molecule has 1 fully saturated rings. The van der Waals surface area contributed by atoms with E-state index in [1.54, 1.807) is 0 Å². The van der Waals surface area contributed by atoms with Crippen LogP contribution in [0.3, 0.4) is 0 Å². The average Bonchev–Trinajstić information content (AvgIpc) is 2.79. The molecule has 6 nitrogen and oxygen atoms in total. The number of carbonyl (C=O) groups excluding carboxylic acids is 1. The van der Waals surface area contributed by atoms with Gasteiger partial charge >= 0.3 is 5.97 Å². The first-order valence-electron chi connectivity index (χ1n) is 7.38. The van der Waals surface area contributed by atoms with Gasteiger partial charge in [-0.3, -0.25) is 13.9 Å². The molecule has 0 aromatic heterocycles. The minimum Gasteiger partial charge on any atom is -0.457 e. The summed E-state index contributed by atoms with van der Waals surface area (Å²) in [6, 6.07) is 0. The fraction of sp³-hybridized carbons (Fsp3) is 0.917. The molecule has 1 aliphatic rings. The van der Waals surface area contributed by atoms with Gasteiger partial charge in [-0.15, -0.1) is 0 Å². The van der Waals surface area contributed by atoms with Crippen LogP contribution >= 0.6 is 16.7 Å². The van der Waals surface area contributed by atoms with E-state index in [1.165, 1.54) is 14.0 Å². The number of ether oxygens (including phenoxy) is 3. The van der Waals surface area contributed by atoms with Gasteiger partial charge in [-0.1, -0.05) is 20.6 Å². The number of methoxy groups -OCH3 is 1. The third-order valence-electron chi connectivity index (χ3n) is 4.22. The predicted molar refractivity (Wildman–Crippen MR) is 87.5 cm³/mol. The molecule has 0 radical (unpaired) electrons. The van der Waals surface area contributed by atoms with Gasteiger partial charge in [0.05, 0.1) is 22.3 Å². The maximum Gasteiger partial charge on any atom is 0.303 e. The van der Waals surface area contributed by atoms with Gasteiger partial charge in [-0.25, -0.2) is 0 Å². The monoisotopic (exact) mass is 346 g/mol. The summed E-state index contributed by atoms with van der Waals surface area (Å²) in [6.07, 6.45) is -0.611. The van der Waals surface area contributed by atoms with Gasteiger partial charge in [-0.2, -0.15) is 0 Å². The van der Waals surface area contributed by atoms with E-state index >= 15 is 0 Å². The van der Waals surface area contributed by atoms with Crippen LogP contribution in [0.2, 0.25) is 25.8 Å². The standard InChI is InChI=1S/C12H22B2O6P2/c1-6-12(7-13(3)21-16)10(14(4)22-17)9(19-8(2)15)11(18-5)20-12/h9-11H,6-7H2,1-5H3/t9-,10+,11?,12-/m1/s1. The zero-order chi connectivity index (χ0) is 16.9. The Bertz CT molecular complexity index is 426. The average molecular weight is 346 g/mol. The molecule has 0 bridgehead atoms. The molecule has 0 spiro atoms. The number of esters is 1. The molecule has 1 aliphatic heterocycles. The zero-order valence-corrected chi connectivity index (χ0v) is 15.4. The quantitative estimate of drug-likeness (QED) is 0.381. The van der Waals surface area contributed by atoms with Crippen LogP contribution < -0.4 is 0 Å². The SMILES string of the molecule is CC[C@]1(CB(C)P=O)OC(OC)[C@H](OC(C)=O)[C@@H]1B(C)P=O. The summed E-state index contributed by atoms with van der Waals surface area (Å²) in [7, 11) is 1.47. The molecule has 1 rings (SSSR count). The summed E-state index contributed by atoms with van der Waals surface area (Å²) in [5, 5.41) is 0. The van der Waals surface area contributed by atoms with Crippen molar-refractivity contribution in [2.75, 3.05) is 7.11 Å². The Balaban J connectivity index is 3.24. The Hall–Kier alpha value is -0.280. The van der Waals surface area contributed by atoms with Gasteiger partial charge in [0, 0.05) is 19.9 Å². The molecule has 0 amide bonds. The summed E-state index contributed by atoms with van der Waals surface area (Å²) in [5.41, 5.74) is -0.686. The summed E-state index contributed by atoms with van der Waals surface area (Å²) in [4.78, 5) is 11.4. The van der Waals surface area contributed by atoms with Crippen LogP contribution in [0.4, 0.5) is 0 Å². The van der Waals surface area contributed by atoms with Gasteiger partial charge in [0.2, 0.25) is 0 Å². The highest BCUT2D eigenvalue weighted by Gasteiger charge is 2.59. The second kappa shape index (κ2) is 8.54. The summed E-state index contributed by atoms with van der Waals surface area (Å²) < 4.78 is 39.5. The maximum atomic E-state index is 11.5. The second-order valence-electron chi connectivity index (χ2n) is 5.74. The van der Waals surface area contributed by atoms with Crippen molar-refractivity contribution in [3.8, 4) is 0 Å². The number of carbonyl (C=O) groups is 1. The van der Waals surface area contributed by atoms with Crippen LogP contribution in [-0.2, 0) is 28.1 Å². The summed E-state index contributed by atoms with van der Waals surface area (Å²) in [5.74, 6) is -0.730. The van der Waals surface area contributed by atoms with E-state index in [4.69, 9.17) is 14.2 Å². The first-order chi connectivity index (χ1) is 10.3. The van der Waals surface area contributed by atoms with E-state index in [2.05, 4.69) is 0 Å². The lowest BCUT2D eigenvalue weighted by Crippen LogP contribution is -2.42. The van der Waals surface area contributed by atoms with E-state index in [0.717, 1.165) is 0 Å². The van der Waals surface area contributed by atoms with Crippen molar-refractivity contribution < 1.29 is 28.1 Å². The van der Waals surface area contributed by atoms with Gasteiger partial charge in [0.25, 0.3) is 12.9 Å². The molecule has 1 heterocycles. The van der Waals surface area contributed by atoms with Gasteiger partial charge in [0.1, 0.15) is 0 Å². The second-order valence-corrected chi connectivity index (χ2v) is 7.86. The Morgan fingerprint density at radius 3 is 2.36 bits per heavy atom. The van der Waals surface area contributed by atoms with Crippen LogP contribution in [0.5, 0.6) is 0 Å². The molecule has 0 aromatic rings. The van der Waals surface area contributed by atoms with E-state index in [1.807, 2.05) is 20.6 Å². The molecule has 4 atom stereocenters. The fourth-order valence-electron chi connectivity index (χ4n) is 3.31. The molecule has 0 aliphatic carbocycles. The summed E-state index contributed by atoms with van der Waals surface area (Å²) >= 11 is 0. The topological polar surface area (TPSA) is 78.9 Å². The third-order valence-corrected chi connectivity index (χ3v) is 5.42. The largest absolute Gasteiger partial charge is 0.457 e. The van der Waals surface area contributed by atoms with E-state index in [-0.39, 0.29) is 35.4 Å². The normalized spacial score (nSPS) is 31.4. The van der Waals surface area contributed by atoms with Crippen molar-refractivity contribution in [1.82, 2.24) is 0 Å². The highest BCUT2D eigenvalue weighted by Crippen LogP contribution is 2.51. The molecule has 0 aromatic carbocycles. The number of hydrogen-bond donors (Lipinski definition) is 0. The Morgan fingerprint density at radius 1 is 1.32 bits per heavy atom. The Labute approximate surface area is 135 Å². The van der Waals surface area contributed by atoms with Crippen molar-refractivity contribution in [2.24, 2.45) is 0 Å². The van der Waals surface area contributed by atoms with E-state index in [9.17, 15) is 13.9 Å². The Morgan fingerprint density at radius 2 is 1.95 bits per heavy atom. The highest BCUT2D eigenvalue weighted by atomic mass is 31.1. The smallest absolute Gasteiger partial charge is 0.303 e. The van der Waals surface area contributed by atoms with Gasteiger partial charge in [-0.05, 0) is 12.7 Å². The van der Waals surface area contributed by atoms with Crippen molar-refractivity contribution >= 4 is 35.5 Å². The van der Waals surface area contributed by atoms with Crippen LogP contribution in [0.25, 0.3) is 0 Å². The molecule has 1 saturated heterocycles. The number of rotatable bonds is 8. The van der Waals surface area contributed by atoms with Crippen molar-refractivity contribution in [3.63, 3.8) is 0 Å². The molecule has 10 heteroatoms. The van der Waals surface area contributed by atoms with E-state index < -0.39 is 24.0 Å². The van der Waals surface area contributed by atoms with Crippen LogP contribution in [-0.4, -0.2) is 43.9 Å². The molecule has 122 valence electrons. The third kappa shape index (κ3) is 4.17. The van der Waals surface area contributed by atoms with Crippen molar-refractivity contribution in [2.45, 2.75) is 64.0 Å². The van der Waals surface area contributed by atoms with Crippen LogP contribution in [0, 0.1) is 0 Å². The predicted octanol–water partition coefficient (Wildman–Crippen LogP) is 3.27. The van der Waals surface area contributed by atoms with Gasteiger partial charge < -0.3 is 14.2 Å². The van der Waals surface area contributed by atoms with Crippen molar-refractivity contribution in [1.29, 1.82) is 0 Å². The Kier molecular flexibility index (Phi) is 7.67. The maximum absolute atomic E-state index is 11.5. The lowest BCUT2D eigenvalue weighted by atomic mass is 9.50. The van der Waals surface area contributed by atoms with E-state index in [0.29, 0.717) is 12.7 Å². The highest BCUT2D eigenvalue weighted by molar-refractivity contribution is 7.67. The zero-order valence-electron chi connectivity index (χ0n) is 13.6. The molecule has 22 heavy (non-hydrogen) atoms. The minimum absolute atomic E-state index is 0.0299. The van der Waals surface area contributed by atoms with Crippen molar-refractivity contribution in [3.05, 3.63) is 0 Å². The molecule has 1 unspecified atom stereocenters.